The van der Waals surface area contributed by atoms with Crippen LogP contribution in [0.2, 0.25) is 0 Å². The third-order valence-electron chi connectivity index (χ3n) is 13.2. The first-order valence-corrected chi connectivity index (χ1v) is 20.4. The van der Waals surface area contributed by atoms with E-state index in [2.05, 4.69) is 53.4 Å². The van der Waals surface area contributed by atoms with Crippen LogP contribution in [-0.2, 0) is 9.59 Å². The minimum absolute atomic E-state index is 0.108. The Labute approximate surface area is 327 Å². The molecular weight excluding hydrogens is 711 g/mol. The Morgan fingerprint density at radius 1 is 0.821 bits per heavy atom. The summed E-state index contributed by atoms with van der Waals surface area (Å²) in [4.78, 5) is 61.7. The summed E-state index contributed by atoms with van der Waals surface area (Å²) in [5.74, 6) is 1.14. The van der Waals surface area contributed by atoms with Gasteiger partial charge in [0.2, 0.25) is 11.8 Å². The number of nitrogens with zero attached hydrogens (tertiary/aromatic N) is 7. The predicted molar refractivity (Wildman–Crippen MR) is 212 cm³/mol. The summed E-state index contributed by atoms with van der Waals surface area (Å²) < 4.78 is 0. The number of hydrogen-bond acceptors (Lipinski definition) is 12. The van der Waals surface area contributed by atoms with Gasteiger partial charge in [0.25, 0.3) is 11.8 Å². The van der Waals surface area contributed by atoms with E-state index in [9.17, 15) is 24.3 Å². The molecule has 294 valence electrons. The van der Waals surface area contributed by atoms with Crippen LogP contribution in [0.5, 0.6) is 5.75 Å². The number of para-hydroxylation sites is 1. The molecule has 6 aliphatic rings. The molecule has 0 radical (unpaired) electrons. The molecule has 56 heavy (non-hydrogen) atoms. The lowest BCUT2D eigenvalue weighted by Crippen LogP contribution is -2.58. The molecule has 9 rings (SSSR count). The highest BCUT2D eigenvalue weighted by atomic mass is 16.3. The number of rotatable bonds is 8. The van der Waals surface area contributed by atoms with Crippen LogP contribution in [0.3, 0.4) is 0 Å². The van der Waals surface area contributed by atoms with Gasteiger partial charge in [0, 0.05) is 70.0 Å². The number of anilines is 3. The fourth-order valence-corrected chi connectivity index (χ4v) is 10.00. The number of aromatic hydroxyl groups is 1. The Morgan fingerprint density at radius 2 is 1.61 bits per heavy atom. The third-order valence-corrected chi connectivity index (χ3v) is 13.2. The molecule has 2 aromatic carbocycles. The molecule has 4 fully saturated rings. The summed E-state index contributed by atoms with van der Waals surface area (Å²) in [6.07, 6.45) is 4.91. The van der Waals surface area contributed by atoms with Gasteiger partial charge in [0.15, 0.2) is 5.82 Å². The molecule has 4 amide bonds. The molecule has 1 aromatic heterocycles. The number of fused-ring (bicyclic) bond motifs is 4. The molecule has 3 atom stereocenters. The molecule has 3 aromatic rings. The van der Waals surface area contributed by atoms with E-state index >= 15 is 0 Å². The number of hydrogen-bond donors (Lipinski definition) is 3. The van der Waals surface area contributed by atoms with E-state index < -0.39 is 23.8 Å². The number of benzene rings is 2. The van der Waals surface area contributed by atoms with Crippen LogP contribution in [0.4, 0.5) is 17.2 Å². The molecule has 0 spiro atoms. The van der Waals surface area contributed by atoms with Crippen LogP contribution in [0.15, 0.2) is 48.5 Å². The molecule has 3 N–H and O–H groups in total. The molecule has 0 saturated carbocycles. The number of carbonyl (C=O) groups excluding carboxylic acids is 4. The van der Waals surface area contributed by atoms with Gasteiger partial charge in [-0.25, -0.2) is 0 Å². The van der Waals surface area contributed by atoms with Crippen molar-refractivity contribution < 1.29 is 24.3 Å². The van der Waals surface area contributed by atoms with Gasteiger partial charge in [-0.1, -0.05) is 19.1 Å². The van der Waals surface area contributed by atoms with Crippen LogP contribution in [0, 0.1) is 17.8 Å². The second-order valence-electron chi connectivity index (χ2n) is 16.7. The van der Waals surface area contributed by atoms with Gasteiger partial charge in [-0.2, -0.15) is 0 Å². The summed E-state index contributed by atoms with van der Waals surface area (Å²) in [6.45, 7) is 12.6. The van der Waals surface area contributed by atoms with Crippen molar-refractivity contribution in [3.63, 3.8) is 0 Å². The van der Waals surface area contributed by atoms with E-state index in [4.69, 9.17) is 0 Å². The zero-order chi connectivity index (χ0) is 38.5. The maximum atomic E-state index is 13.4. The number of amides is 4. The van der Waals surface area contributed by atoms with Crippen molar-refractivity contribution in [2.75, 3.05) is 80.6 Å². The molecule has 6 aliphatic heterocycles. The van der Waals surface area contributed by atoms with E-state index in [1.54, 1.807) is 12.1 Å². The van der Waals surface area contributed by atoms with E-state index in [-0.39, 0.29) is 24.5 Å². The Hall–Kier alpha value is -5.08. The second-order valence-corrected chi connectivity index (χ2v) is 16.7. The van der Waals surface area contributed by atoms with Crippen molar-refractivity contribution in [2.24, 2.45) is 17.8 Å². The van der Waals surface area contributed by atoms with Gasteiger partial charge >= 0.3 is 0 Å². The summed E-state index contributed by atoms with van der Waals surface area (Å²) in [7, 11) is 0. The van der Waals surface area contributed by atoms with Gasteiger partial charge in [-0.05, 0) is 99.3 Å². The number of likely N-dealkylation sites (tertiary alicyclic amines) is 1. The van der Waals surface area contributed by atoms with Crippen molar-refractivity contribution in [3.05, 3.63) is 59.7 Å². The fraction of sp³-hybridized carbons (Fsp3) is 0.524. The number of carbonyl (C=O) groups is 4. The standard InChI is InChI=1S/C42H51N9O5/c1-26(23-48-18-19-50-30(25-48)22-43-39-36(50)21-34(45-46-39)32-4-2-3-5-37(32)52)28-12-14-47(15-13-28)24-27-10-16-49(17-11-27)29-6-7-31-33(20-29)42(56)51(41(31)55)35-8-9-38(53)44-40(35)54/h2-7,20-21,26-28,30,35,52H,8-19,22-25H2,1H3,(H,43,46)(H,44,53,54)/t26?,30-,35?/m0/s1. The van der Waals surface area contributed by atoms with Crippen LogP contribution in [0.25, 0.3) is 11.3 Å². The number of piperidine rings is 3. The minimum Gasteiger partial charge on any atom is -0.507 e. The van der Waals surface area contributed by atoms with Gasteiger partial charge in [0.1, 0.15) is 11.8 Å². The Morgan fingerprint density at radius 3 is 2.39 bits per heavy atom. The largest absolute Gasteiger partial charge is 0.507 e. The normalized spacial score (nSPS) is 24.4. The van der Waals surface area contributed by atoms with Crippen molar-refractivity contribution in [2.45, 2.75) is 57.5 Å². The lowest BCUT2D eigenvalue weighted by atomic mass is 9.84. The number of nitrogens with one attached hydrogen (secondary N) is 2. The molecule has 4 saturated heterocycles. The number of piperazine rings is 1. The first-order valence-electron chi connectivity index (χ1n) is 20.4. The monoisotopic (exact) mass is 761 g/mol. The maximum Gasteiger partial charge on any atom is 0.262 e. The topological polar surface area (TPSA) is 155 Å². The zero-order valence-corrected chi connectivity index (χ0v) is 32.0. The molecule has 0 aliphatic carbocycles. The van der Waals surface area contributed by atoms with Gasteiger partial charge in [-0.15, -0.1) is 10.2 Å². The number of imide groups is 2. The average Bonchev–Trinajstić information content (AvgIpc) is 3.46. The molecule has 14 nitrogen and oxygen atoms in total. The van der Waals surface area contributed by atoms with Crippen molar-refractivity contribution in [1.29, 1.82) is 0 Å². The SMILES string of the molecule is CC(CN1CCN2c3cc(-c4ccccc4O)nnc3NC[C@H]2C1)C1CCN(CC2CCN(c3ccc4c(c3)C(=O)N(C3CCC(=O)NC3=O)C4=O)CC2)CC1. The minimum atomic E-state index is -0.952. The Balaban J connectivity index is 0.724. The first-order chi connectivity index (χ1) is 27.2. The highest BCUT2D eigenvalue weighted by Crippen LogP contribution is 2.37. The van der Waals surface area contributed by atoms with Crippen molar-refractivity contribution in [3.8, 4) is 17.0 Å². The van der Waals surface area contributed by atoms with Crippen LogP contribution >= 0.6 is 0 Å². The number of aromatic nitrogens is 2. The molecular formula is C42H51N9O5. The first kappa shape index (κ1) is 36.6. The van der Waals surface area contributed by atoms with E-state index in [1.807, 2.05) is 30.3 Å². The quantitative estimate of drug-likeness (QED) is 0.288. The van der Waals surface area contributed by atoms with Crippen LogP contribution in [0.1, 0.15) is 66.2 Å². The van der Waals surface area contributed by atoms with Crippen LogP contribution in [-0.4, -0.2) is 131 Å². The van der Waals surface area contributed by atoms with E-state index in [0.29, 0.717) is 40.3 Å². The molecule has 0 bridgehead atoms. The lowest BCUT2D eigenvalue weighted by molar-refractivity contribution is -0.136. The predicted octanol–water partition coefficient (Wildman–Crippen LogP) is 3.43. The van der Waals surface area contributed by atoms with E-state index in [0.717, 1.165) is 106 Å². The highest BCUT2D eigenvalue weighted by Gasteiger charge is 2.45. The molecule has 7 heterocycles. The maximum absolute atomic E-state index is 13.4. The number of phenols is 1. The van der Waals surface area contributed by atoms with Gasteiger partial charge in [-0.3, -0.25) is 34.3 Å². The summed E-state index contributed by atoms with van der Waals surface area (Å²) >= 11 is 0. The van der Waals surface area contributed by atoms with Crippen LogP contribution < -0.4 is 20.4 Å². The highest BCUT2D eigenvalue weighted by molar-refractivity contribution is 6.23. The zero-order valence-electron chi connectivity index (χ0n) is 32.0. The Bertz CT molecular complexity index is 2030. The van der Waals surface area contributed by atoms with Gasteiger partial charge in [0.05, 0.1) is 28.6 Å². The second kappa shape index (κ2) is 15.1. The van der Waals surface area contributed by atoms with Crippen molar-refractivity contribution in [1.82, 2.24) is 30.2 Å². The number of phenolic OH excluding ortho intramolecular Hbond substituents is 1. The summed E-state index contributed by atoms with van der Waals surface area (Å²) in [5.41, 5.74) is 4.05. The van der Waals surface area contributed by atoms with E-state index in [1.165, 1.54) is 12.8 Å². The average molecular weight is 762 g/mol. The van der Waals surface area contributed by atoms with Crippen molar-refractivity contribution >= 4 is 40.8 Å². The third kappa shape index (κ3) is 6.97. The van der Waals surface area contributed by atoms with Gasteiger partial charge < -0.3 is 25.1 Å². The smallest absolute Gasteiger partial charge is 0.262 e. The molecule has 2 unspecified atom stereocenters. The Kier molecular flexibility index (Phi) is 9.86. The lowest BCUT2D eigenvalue weighted by Gasteiger charge is -2.47. The summed E-state index contributed by atoms with van der Waals surface area (Å²) in [5, 5.41) is 25.0. The fourth-order valence-electron chi connectivity index (χ4n) is 10.00. The summed E-state index contributed by atoms with van der Waals surface area (Å²) in [6, 6.07) is 14.2. The molecule has 14 heteroatoms.